The van der Waals surface area contributed by atoms with E-state index in [0.29, 0.717) is 33.7 Å². The third-order valence-corrected chi connectivity index (χ3v) is 7.22. The average Bonchev–Trinajstić information content (AvgIpc) is 3.21. The highest BCUT2D eigenvalue weighted by Crippen LogP contribution is 2.28. The molecule has 2 aromatic carbocycles. The van der Waals surface area contributed by atoms with Gasteiger partial charge in [0.25, 0.3) is 5.91 Å². The predicted molar refractivity (Wildman–Crippen MR) is 125 cm³/mol. The molecule has 8 nitrogen and oxygen atoms in total. The molecule has 0 aliphatic rings. The number of aromatic nitrogens is 2. The monoisotopic (exact) mass is 532 g/mol. The maximum Gasteiger partial charge on any atom is 0.268 e. The van der Waals surface area contributed by atoms with Gasteiger partial charge in [-0.2, -0.15) is 5.26 Å². The maximum absolute atomic E-state index is 12.4. The van der Waals surface area contributed by atoms with Gasteiger partial charge in [-0.05, 0) is 52.2 Å². The summed E-state index contributed by atoms with van der Waals surface area (Å²) in [5.74, 6) is -0.104. The quantitative estimate of drug-likeness (QED) is 0.275. The first kappa shape index (κ1) is 23.6. The van der Waals surface area contributed by atoms with E-state index in [1.165, 1.54) is 11.6 Å². The summed E-state index contributed by atoms with van der Waals surface area (Å²) in [6, 6.07) is 15.0. The molecule has 0 spiro atoms. The van der Waals surface area contributed by atoms with E-state index >= 15 is 0 Å². The van der Waals surface area contributed by atoms with Gasteiger partial charge in [0.1, 0.15) is 24.0 Å². The van der Waals surface area contributed by atoms with E-state index in [1.54, 1.807) is 18.2 Å². The largest absolute Gasteiger partial charge is 0.488 e. The molecule has 0 aliphatic carbocycles. The van der Waals surface area contributed by atoms with Crippen molar-refractivity contribution < 1.29 is 17.9 Å². The fraction of sp³-hybridized carbons (Fsp3) is 0.143. The van der Waals surface area contributed by atoms with Gasteiger partial charge >= 0.3 is 0 Å². The van der Waals surface area contributed by atoms with Crippen LogP contribution in [0.15, 0.2) is 56.9 Å². The molecule has 0 aliphatic heterocycles. The molecule has 0 saturated carbocycles. The van der Waals surface area contributed by atoms with E-state index in [4.69, 9.17) is 4.74 Å². The lowest BCUT2D eigenvalue weighted by atomic mass is 10.1. The molecule has 0 fully saturated rings. The van der Waals surface area contributed by atoms with Crippen molar-refractivity contribution in [2.45, 2.75) is 17.9 Å². The van der Waals surface area contributed by atoms with Gasteiger partial charge in [0, 0.05) is 6.26 Å². The second-order valence-corrected chi connectivity index (χ2v) is 10.8. The molecular weight excluding hydrogens is 516 g/mol. The molecule has 11 heteroatoms. The third-order valence-electron chi connectivity index (χ3n) is 4.09. The molecule has 164 valence electrons. The van der Waals surface area contributed by atoms with E-state index < -0.39 is 15.7 Å². The molecule has 32 heavy (non-hydrogen) atoms. The van der Waals surface area contributed by atoms with E-state index in [0.717, 1.165) is 11.8 Å². The Morgan fingerprint density at radius 1 is 1.25 bits per heavy atom. The number of hydrogen-bond donors (Lipinski definition) is 1. The molecule has 1 heterocycles. The molecule has 3 rings (SSSR count). The molecule has 1 amide bonds. The van der Waals surface area contributed by atoms with Gasteiger partial charge in [0.05, 0.1) is 4.47 Å². The first-order valence-electron chi connectivity index (χ1n) is 9.10. The van der Waals surface area contributed by atoms with Crippen molar-refractivity contribution in [2.24, 2.45) is 0 Å². The van der Waals surface area contributed by atoms with Gasteiger partial charge in [-0.1, -0.05) is 47.2 Å². The molecule has 1 aromatic heterocycles. The minimum absolute atomic E-state index is 0.0161. The zero-order valence-electron chi connectivity index (χ0n) is 17.0. The van der Waals surface area contributed by atoms with Gasteiger partial charge in [-0.25, -0.2) is 8.42 Å². The summed E-state index contributed by atoms with van der Waals surface area (Å²) in [6.45, 7) is 2.42. The zero-order chi connectivity index (χ0) is 23.3. The van der Waals surface area contributed by atoms with Crippen LogP contribution < -0.4 is 10.1 Å². The Labute approximate surface area is 197 Å². The zero-order valence-corrected chi connectivity index (χ0v) is 20.2. The molecule has 3 aromatic rings. The number of rotatable bonds is 7. The number of halogens is 1. The molecule has 0 bridgehead atoms. The fourth-order valence-corrected chi connectivity index (χ4v) is 4.47. The number of benzene rings is 2. The molecule has 0 radical (unpaired) electrons. The Morgan fingerprint density at radius 3 is 2.56 bits per heavy atom. The Hall–Kier alpha value is -3.07. The average molecular weight is 533 g/mol. The summed E-state index contributed by atoms with van der Waals surface area (Å²) in [6.07, 6.45) is 2.40. The lowest BCUT2D eigenvalue weighted by Gasteiger charge is -2.09. The topological polar surface area (TPSA) is 122 Å². The Bertz CT molecular complexity index is 1330. The normalized spacial score (nSPS) is 11.6. The highest BCUT2D eigenvalue weighted by Gasteiger charge is 2.17. The van der Waals surface area contributed by atoms with Gasteiger partial charge in [0.15, 0.2) is 0 Å². The smallest absolute Gasteiger partial charge is 0.268 e. The summed E-state index contributed by atoms with van der Waals surface area (Å²) in [7, 11) is -3.53. The van der Waals surface area contributed by atoms with Crippen LogP contribution in [-0.2, 0) is 21.2 Å². The number of anilines is 1. The lowest BCUT2D eigenvalue weighted by molar-refractivity contribution is -0.112. The summed E-state index contributed by atoms with van der Waals surface area (Å²) < 4.78 is 29.2. The molecule has 0 unspecified atom stereocenters. The standard InChI is InChI=1S/C21H17BrN4O4S2/c1-13-3-5-14(6-4-13)12-30-18-8-7-15(10-17(18)22)9-16(11-23)19(27)24-20-25-26-21(31-20)32(2,28)29/h3-10H,12H2,1-2H3,(H,24,25,27). The number of carbonyl (C=O) groups is 1. The molecular formula is C21H17BrN4O4S2. The van der Waals surface area contributed by atoms with Crippen molar-refractivity contribution in [3.05, 3.63) is 69.2 Å². The number of nitriles is 1. The Kier molecular flexibility index (Phi) is 7.40. The second kappa shape index (κ2) is 10.0. The van der Waals surface area contributed by atoms with Crippen LogP contribution in [0.2, 0.25) is 0 Å². The minimum Gasteiger partial charge on any atom is -0.488 e. The number of ether oxygens (including phenoxy) is 1. The maximum atomic E-state index is 12.4. The Morgan fingerprint density at radius 2 is 1.97 bits per heavy atom. The number of carbonyl (C=O) groups excluding carboxylic acids is 1. The number of nitrogens with zero attached hydrogens (tertiary/aromatic N) is 3. The van der Waals surface area contributed by atoms with E-state index in [-0.39, 0.29) is 15.0 Å². The number of sulfone groups is 1. The number of hydrogen-bond acceptors (Lipinski definition) is 8. The van der Waals surface area contributed by atoms with E-state index in [2.05, 4.69) is 31.4 Å². The van der Waals surface area contributed by atoms with Crippen LogP contribution in [-0.4, -0.2) is 30.8 Å². The van der Waals surface area contributed by atoms with Crippen LogP contribution in [0.3, 0.4) is 0 Å². The van der Waals surface area contributed by atoms with Crippen LogP contribution in [0.25, 0.3) is 6.08 Å². The lowest BCUT2D eigenvalue weighted by Crippen LogP contribution is -2.13. The Balaban J connectivity index is 1.70. The summed E-state index contributed by atoms with van der Waals surface area (Å²) >= 11 is 4.15. The van der Waals surface area contributed by atoms with Crippen LogP contribution in [0.5, 0.6) is 5.75 Å². The summed E-state index contributed by atoms with van der Waals surface area (Å²) in [5, 5.41) is 18.9. The van der Waals surface area contributed by atoms with Crippen LogP contribution in [0, 0.1) is 18.3 Å². The number of amides is 1. The molecule has 0 saturated heterocycles. The van der Waals surface area contributed by atoms with Gasteiger partial charge < -0.3 is 4.74 Å². The highest BCUT2D eigenvalue weighted by atomic mass is 79.9. The van der Waals surface area contributed by atoms with Crippen LogP contribution in [0.4, 0.5) is 5.13 Å². The van der Waals surface area contributed by atoms with Crippen molar-refractivity contribution in [3.8, 4) is 11.8 Å². The fourth-order valence-electron chi connectivity index (χ4n) is 2.46. The number of nitrogens with one attached hydrogen (secondary N) is 1. The number of aryl methyl sites for hydroxylation is 1. The third kappa shape index (κ3) is 6.23. The van der Waals surface area contributed by atoms with Crippen molar-refractivity contribution in [1.82, 2.24) is 10.2 Å². The summed E-state index contributed by atoms with van der Waals surface area (Å²) in [5.41, 5.74) is 2.62. The highest BCUT2D eigenvalue weighted by molar-refractivity contribution is 9.10. The minimum atomic E-state index is -3.53. The van der Waals surface area contributed by atoms with E-state index in [9.17, 15) is 18.5 Å². The first-order valence-corrected chi connectivity index (χ1v) is 12.6. The van der Waals surface area contributed by atoms with Crippen molar-refractivity contribution in [3.63, 3.8) is 0 Å². The summed E-state index contributed by atoms with van der Waals surface area (Å²) in [4.78, 5) is 12.4. The molecule has 0 atom stereocenters. The van der Waals surface area contributed by atoms with Crippen LogP contribution >= 0.6 is 27.3 Å². The van der Waals surface area contributed by atoms with Crippen molar-refractivity contribution in [2.75, 3.05) is 11.6 Å². The van der Waals surface area contributed by atoms with Crippen molar-refractivity contribution in [1.29, 1.82) is 5.26 Å². The van der Waals surface area contributed by atoms with Crippen LogP contribution in [0.1, 0.15) is 16.7 Å². The van der Waals surface area contributed by atoms with Gasteiger partial charge in [-0.3, -0.25) is 10.1 Å². The molecule has 1 N–H and O–H groups in total. The SMILES string of the molecule is Cc1ccc(COc2ccc(C=C(C#N)C(=O)Nc3nnc(S(C)(=O)=O)s3)cc2Br)cc1. The predicted octanol–water partition coefficient (Wildman–Crippen LogP) is 4.14. The van der Waals surface area contributed by atoms with E-state index in [1.807, 2.05) is 37.3 Å². The van der Waals surface area contributed by atoms with Gasteiger partial charge in [-0.15, -0.1) is 10.2 Å². The second-order valence-electron chi connectivity index (χ2n) is 6.73. The van der Waals surface area contributed by atoms with Crippen molar-refractivity contribution >= 4 is 54.2 Å². The first-order chi connectivity index (χ1) is 15.2. The van der Waals surface area contributed by atoms with Gasteiger partial charge in [0.2, 0.25) is 19.3 Å².